The van der Waals surface area contributed by atoms with Crippen molar-refractivity contribution in [3.8, 4) is 5.69 Å². The Morgan fingerprint density at radius 3 is 3.12 bits per heavy atom. The number of carbonyl (C=O) groups is 1. The van der Waals surface area contributed by atoms with E-state index in [1.165, 1.54) is 0 Å². The number of aromatic nitrogens is 5. The van der Waals surface area contributed by atoms with Crippen molar-refractivity contribution in [1.29, 1.82) is 0 Å². The highest BCUT2D eigenvalue weighted by atomic mass is 16.1. The van der Waals surface area contributed by atoms with Crippen LogP contribution in [0.4, 0.5) is 5.69 Å². The monoisotopic (exact) mass is 323 g/mol. The molecule has 0 unspecified atom stereocenters. The van der Waals surface area contributed by atoms with Gasteiger partial charge in [-0.1, -0.05) is 6.07 Å². The fourth-order valence-electron chi connectivity index (χ4n) is 2.88. The topological polar surface area (TPSA) is 101 Å². The van der Waals surface area contributed by atoms with E-state index in [4.69, 9.17) is 0 Å². The summed E-state index contributed by atoms with van der Waals surface area (Å²) >= 11 is 0. The van der Waals surface area contributed by atoms with Crippen molar-refractivity contribution in [2.45, 2.75) is 19.9 Å². The number of hydrogen-bond donors (Lipinski definition) is 3. The second-order valence-corrected chi connectivity index (χ2v) is 5.71. The van der Waals surface area contributed by atoms with Crippen LogP contribution in [-0.2, 0) is 13.0 Å². The molecule has 0 radical (unpaired) electrons. The number of carbonyl (C=O) groups excluding carboxylic acids is 1. The number of nitrogens with one attached hydrogen (secondary N) is 3. The summed E-state index contributed by atoms with van der Waals surface area (Å²) in [5.74, 6) is 0.569. The maximum absolute atomic E-state index is 12.6. The van der Waals surface area contributed by atoms with Crippen LogP contribution >= 0.6 is 0 Å². The molecule has 122 valence electrons. The number of aryl methyl sites for hydroxylation is 1. The summed E-state index contributed by atoms with van der Waals surface area (Å²) in [6, 6.07) is 7.54. The number of H-pyrrole nitrogens is 1. The zero-order chi connectivity index (χ0) is 16.5. The number of fused-ring (bicyclic) bond motifs is 1. The molecule has 1 amide bonds. The lowest BCUT2D eigenvalue weighted by Gasteiger charge is -2.13. The zero-order valence-electron chi connectivity index (χ0n) is 13.2. The Kier molecular flexibility index (Phi) is 3.58. The Balaban J connectivity index is 1.58. The fourth-order valence-corrected chi connectivity index (χ4v) is 2.88. The van der Waals surface area contributed by atoms with Gasteiger partial charge in [0.05, 0.1) is 5.69 Å². The number of anilines is 1. The third-order valence-electron chi connectivity index (χ3n) is 4.12. The molecule has 1 aromatic carbocycles. The molecule has 1 aliphatic rings. The van der Waals surface area contributed by atoms with Crippen LogP contribution in [0.2, 0.25) is 0 Å². The van der Waals surface area contributed by atoms with Gasteiger partial charge in [0.25, 0.3) is 5.91 Å². The predicted octanol–water partition coefficient (Wildman–Crippen LogP) is 1.20. The maximum Gasteiger partial charge on any atom is 0.276 e. The van der Waals surface area contributed by atoms with Gasteiger partial charge in [-0.15, -0.1) is 10.2 Å². The minimum atomic E-state index is -0.214. The van der Waals surface area contributed by atoms with E-state index in [2.05, 4.69) is 31.0 Å². The van der Waals surface area contributed by atoms with Crippen LogP contribution in [0.3, 0.4) is 0 Å². The lowest BCUT2D eigenvalue weighted by atomic mass is 10.1. The average molecular weight is 323 g/mol. The van der Waals surface area contributed by atoms with Gasteiger partial charge in [-0.05, 0) is 25.1 Å². The van der Waals surface area contributed by atoms with Gasteiger partial charge in [0.1, 0.15) is 12.2 Å². The molecule has 0 atom stereocenters. The highest BCUT2D eigenvalue weighted by molar-refractivity contribution is 6.04. The average Bonchev–Trinajstić information content (AvgIpc) is 3.21. The van der Waals surface area contributed by atoms with E-state index in [0.29, 0.717) is 17.9 Å². The Morgan fingerprint density at radius 1 is 1.38 bits per heavy atom. The Hall–Kier alpha value is -3.00. The number of rotatable bonds is 3. The van der Waals surface area contributed by atoms with Crippen LogP contribution in [0, 0.1) is 6.92 Å². The third kappa shape index (κ3) is 2.56. The first kappa shape index (κ1) is 14.6. The molecule has 3 heterocycles. The van der Waals surface area contributed by atoms with Gasteiger partial charge in [-0.3, -0.25) is 14.5 Å². The van der Waals surface area contributed by atoms with Crippen molar-refractivity contribution in [1.82, 2.24) is 30.3 Å². The minimum Gasteiger partial charge on any atom is -0.321 e. The summed E-state index contributed by atoms with van der Waals surface area (Å²) < 4.78 is 1.86. The molecule has 8 heteroatoms. The van der Waals surface area contributed by atoms with Crippen molar-refractivity contribution in [2.24, 2.45) is 0 Å². The summed E-state index contributed by atoms with van der Waals surface area (Å²) in [6.07, 6.45) is 2.50. The molecule has 3 N–H and O–H groups in total. The minimum absolute atomic E-state index is 0.214. The first-order valence-corrected chi connectivity index (χ1v) is 7.77. The van der Waals surface area contributed by atoms with E-state index in [1.807, 2.05) is 35.8 Å². The molecule has 0 aliphatic carbocycles. The second kappa shape index (κ2) is 5.89. The van der Waals surface area contributed by atoms with Gasteiger partial charge < -0.3 is 10.6 Å². The molecule has 0 saturated carbocycles. The maximum atomic E-state index is 12.6. The Bertz CT molecular complexity index is 895. The van der Waals surface area contributed by atoms with Crippen LogP contribution in [0.1, 0.15) is 27.6 Å². The Labute approximate surface area is 138 Å². The number of benzene rings is 1. The van der Waals surface area contributed by atoms with E-state index in [9.17, 15) is 4.79 Å². The van der Waals surface area contributed by atoms with Gasteiger partial charge >= 0.3 is 0 Å². The quantitative estimate of drug-likeness (QED) is 0.672. The van der Waals surface area contributed by atoms with Crippen LogP contribution in [-0.4, -0.2) is 37.4 Å². The molecule has 2 aromatic heterocycles. The van der Waals surface area contributed by atoms with Crippen molar-refractivity contribution in [3.05, 3.63) is 53.4 Å². The highest BCUT2D eigenvalue weighted by Crippen LogP contribution is 2.19. The smallest absolute Gasteiger partial charge is 0.276 e. The molecule has 24 heavy (non-hydrogen) atoms. The molecule has 0 spiro atoms. The SMILES string of the molecule is Cc1nncn1-c1cccc(NC(=O)c2n[nH]c3c2CNCC3)c1. The molecule has 0 saturated heterocycles. The Morgan fingerprint density at radius 2 is 2.29 bits per heavy atom. The lowest BCUT2D eigenvalue weighted by molar-refractivity contribution is 0.102. The van der Waals surface area contributed by atoms with Crippen molar-refractivity contribution in [3.63, 3.8) is 0 Å². The van der Waals surface area contributed by atoms with Gasteiger partial charge in [-0.25, -0.2) is 0 Å². The molecule has 4 rings (SSSR count). The van der Waals surface area contributed by atoms with Crippen LogP contribution in [0.5, 0.6) is 0 Å². The largest absolute Gasteiger partial charge is 0.321 e. The summed E-state index contributed by atoms with van der Waals surface area (Å²) in [5, 5.41) is 21.2. The first-order chi connectivity index (χ1) is 11.7. The van der Waals surface area contributed by atoms with Crippen LogP contribution < -0.4 is 10.6 Å². The number of amides is 1. The fraction of sp³-hybridized carbons (Fsp3) is 0.250. The summed E-state index contributed by atoms with van der Waals surface area (Å²) in [5.41, 5.74) is 4.02. The molecule has 1 aliphatic heterocycles. The molecule has 0 fully saturated rings. The predicted molar refractivity (Wildman–Crippen MR) is 88.0 cm³/mol. The number of nitrogens with zero attached hydrogens (tertiary/aromatic N) is 4. The van der Waals surface area contributed by atoms with Crippen molar-refractivity contribution in [2.75, 3.05) is 11.9 Å². The molecule has 8 nitrogen and oxygen atoms in total. The van der Waals surface area contributed by atoms with E-state index < -0.39 is 0 Å². The van der Waals surface area contributed by atoms with Gasteiger partial charge in [0.15, 0.2) is 5.69 Å². The summed E-state index contributed by atoms with van der Waals surface area (Å²) in [6.45, 7) is 3.44. The highest BCUT2D eigenvalue weighted by Gasteiger charge is 2.21. The molecular formula is C16H17N7O. The normalized spacial score (nSPS) is 13.5. The van der Waals surface area contributed by atoms with E-state index in [1.54, 1.807) is 6.33 Å². The van der Waals surface area contributed by atoms with Crippen molar-refractivity contribution >= 4 is 11.6 Å². The zero-order valence-corrected chi connectivity index (χ0v) is 13.2. The molecule has 3 aromatic rings. The molecular weight excluding hydrogens is 306 g/mol. The van der Waals surface area contributed by atoms with Crippen LogP contribution in [0.15, 0.2) is 30.6 Å². The van der Waals surface area contributed by atoms with E-state index in [0.717, 1.165) is 35.7 Å². The summed E-state index contributed by atoms with van der Waals surface area (Å²) in [4.78, 5) is 12.6. The first-order valence-electron chi connectivity index (χ1n) is 7.77. The lowest BCUT2D eigenvalue weighted by Crippen LogP contribution is -2.25. The van der Waals surface area contributed by atoms with Crippen LogP contribution in [0.25, 0.3) is 5.69 Å². The van der Waals surface area contributed by atoms with Gasteiger partial charge in [-0.2, -0.15) is 5.10 Å². The second-order valence-electron chi connectivity index (χ2n) is 5.71. The van der Waals surface area contributed by atoms with E-state index in [-0.39, 0.29) is 5.91 Å². The van der Waals surface area contributed by atoms with Gasteiger partial charge in [0, 0.05) is 36.5 Å². The van der Waals surface area contributed by atoms with Gasteiger partial charge in [0.2, 0.25) is 0 Å². The standard InChI is InChI=1S/C16H17N7O/c1-10-20-18-9-23(10)12-4-2-3-11(7-12)19-16(24)15-13-8-17-6-5-14(13)21-22-15/h2-4,7,9,17H,5-6,8H2,1H3,(H,19,24)(H,21,22). The number of hydrogen-bond acceptors (Lipinski definition) is 5. The summed E-state index contributed by atoms with van der Waals surface area (Å²) in [7, 11) is 0. The molecule has 0 bridgehead atoms. The van der Waals surface area contributed by atoms with E-state index >= 15 is 0 Å². The third-order valence-corrected chi connectivity index (χ3v) is 4.12. The number of aromatic amines is 1. The van der Waals surface area contributed by atoms with Crippen molar-refractivity contribution < 1.29 is 4.79 Å².